The van der Waals surface area contributed by atoms with Crippen molar-refractivity contribution in [3.05, 3.63) is 21.8 Å². The van der Waals surface area contributed by atoms with E-state index in [-0.39, 0.29) is 20.7 Å². The Morgan fingerprint density at radius 3 is 2.18 bits per heavy atom. The Labute approximate surface area is 79.1 Å². The highest BCUT2D eigenvalue weighted by molar-refractivity contribution is 14.2. The van der Waals surface area contributed by atoms with Crippen molar-refractivity contribution in [3.8, 4) is 0 Å². The van der Waals surface area contributed by atoms with Crippen molar-refractivity contribution in [2.24, 2.45) is 5.41 Å². The van der Waals surface area contributed by atoms with Gasteiger partial charge in [0.25, 0.3) is 0 Å². The molecule has 0 fully saturated rings. The van der Waals surface area contributed by atoms with Crippen LogP contribution >= 0.6 is 20.7 Å². The van der Waals surface area contributed by atoms with Crippen molar-refractivity contribution in [2.45, 2.75) is 27.7 Å². The molecule has 62 valence electrons. The van der Waals surface area contributed by atoms with Crippen LogP contribution in [0.4, 0.5) is 0 Å². The van der Waals surface area contributed by atoms with Crippen LogP contribution in [0.5, 0.6) is 0 Å². The fourth-order valence-electron chi connectivity index (χ4n) is 0.836. The summed E-state index contributed by atoms with van der Waals surface area (Å²) in [4.78, 5) is 0. The van der Waals surface area contributed by atoms with Gasteiger partial charge in [-0.1, -0.05) is 53.7 Å². The first-order valence-corrected chi connectivity index (χ1v) is 6.18. The monoisotopic (exact) mass is 262 g/mol. The largest absolute Gasteiger partial charge is 0.0893 e. The average Bonchev–Trinajstić information content (AvgIpc) is 1.86. The molecular formula is C10H15I. The molecule has 0 saturated carbocycles. The molecule has 0 aromatic heterocycles. The third-order valence-electron chi connectivity index (χ3n) is 1.55. The molecule has 1 heterocycles. The molecule has 0 bridgehead atoms. The molecule has 0 amide bonds. The normalized spacial score (nSPS) is 18.5. The molecule has 0 spiro atoms. The lowest BCUT2D eigenvalue weighted by Crippen LogP contribution is -2.16. The van der Waals surface area contributed by atoms with Crippen LogP contribution in [0.2, 0.25) is 0 Å². The standard InChI is InChI=1S/C10H15I/c1-8-5-6-9(11-7-8)10(2,3)4/h5-7H,1-4H3. The Morgan fingerprint density at radius 2 is 1.82 bits per heavy atom. The second-order valence-electron chi connectivity index (χ2n) is 3.89. The number of allylic oxidation sites excluding steroid dienone is 3. The van der Waals surface area contributed by atoms with Gasteiger partial charge in [-0.15, -0.1) is 0 Å². The molecule has 0 unspecified atom stereocenters. The highest BCUT2D eigenvalue weighted by Crippen LogP contribution is 2.27. The molecule has 0 radical (unpaired) electrons. The minimum atomic E-state index is 0.187. The number of hydrogen-bond acceptors (Lipinski definition) is 0. The molecule has 0 aromatic carbocycles. The Balaban J connectivity index is 2.89. The van der Waals surface area contributed by atoms with E-state index in [1.54, 1.807) is 3.51 Å². The van der Waals surface area contributed by atoms with E-state index in [1.165, 1.54) is 5.57 Å². The van der Waals surface area contributed by atoms with Gasteiger partial charge < -0.3 is 0 Å². The molecule has 1 heteroatoms. The van der Waals surface area contributed by atoms with E-state index in [2.05, 4.69) is 43.9 Å². The van der Waals surface area contributed by atoms with Crippen LogP contribution in [0.15, 0.2) is 21.8 Å². The van der Waals surface area contributed by atoms with Gasteiger partial charge in [-0.25, -0.2) is 0 Å². The van der Waals surface area contributed by atoms with Crippen molar-refractivity contribution >= 4 is 24.2 Å². The first-order valence-electron chi connectivity index (χ1n) is 3.86. The third-order valence-corrected chi connectivity index (χ3v) is 5.50. The summed E-state index contributed by atoms with van der Waals surface area (Å²) in [6.07, 6.45) is 4.53. The van der Waals surface area contributed by atoms with E-state index >= 15 is 0 Å². The lowest BCUT2D eigenvalue weighted by Gasteiger charge is -2.20. The third kappa shape index (κ3) is 2.55. The maximum Gasteiger partial charge on any atom is -0.00778 e. The first-order chi connectivity index (χ1) is 5.00. The Bertz CT molecular complexity index is 236. The lowest BCUT2D eigenvalue weighted by atomic mass is 9.92. The fraction of sp³-hybridized carbons (Fsp3) is 0.500. The van der Waals surface area contributed by atoms with Gasteiger partial charge in [0.2, 0.25) is 0 Å². The summed E-state index contributed by atoms with van der Waals surface area (Å²) in [6, 6.07) is 0. The molecule has 11 heavy (non-hydrogen) atoms. The molecular weight excluding hydrogens is 247 g/mol. The maximum absolute atomic E-state index is 2.40. The predicted molar refractivity (Wildman–Crippen MR) is 61.4 cm³/mol. The van der Waals surface area contributed by atoms with E-state index < -0.39 is 0 Å². The molecule has 1 aliphatic heterocycles. The van der Waals surface area contributed by atoms with Crippen molar-refractivity contribution < 1.29 is 0 Å². The molecule has 0 atom stereocenters. The number of rotatable bonds is 0. The lowest BCUT2D eigenvalue weighted by molar-refractivity contribution is 0.605. The number of hydrogen-bond donors (Lipinski definition) is 0. The summed E-state index contributed by atoms with van der Waals surface area (Å²) in [6.45, 7) is 9.05. The quantitative estimate of drug-likeness (QED) is 0.584. The zero-order valence-electron chi connectivity index (χ0n) is 7.61. The van der Waals surface area contributed by atoms with Gasteiger partial charge in [-0.05, 0) is 25.5 Å². The second-order valence-corrected chi connectivity index (χ2v) is 6.30. The summed E-state index contributed by atoms with van der Waals surface area (Å²) in [7, 11) is 0. The Morgan fingerprint density at radius 1 is 1.18 bits per heavy atom. The van der Waals surface area contributed by atoms with E-state index in [1.807, 2.05) is 0 Å². The highest BCUT2D eigenvalue weighted by Gasteiger charge is 2.15. The van der Waals surface area contributed by atoms with Gasteiger partial charge in [0.15, 0.2) is 0 Å². The van der Waals surface area contributed by atoms with Crippen LogP contribution in [0.25, 0.3) is 0 Å². The minimum absolute atomic E-state index is 0.187. The average molecular weight is 262 g/mol. The fourth-order valence-corrected chi connectivity index (χ4v) is 3.19. The van der Waals surface area contributed by atoms with Gasteiger partial charge in [0.1, 0.15) is 0 Å². The Kier molecular flexibility index (Phi) is 2.68. The number of halogens is 1. The van der Waals surface area contributed by atoms with Crippen LogP contribution in [0, 0.1) is 5.41 Å². The van der Waals surface area contributed by atoms with Gasteiger partial charge in [0, 0.05) is 0 Å². The topological polar surface area (TPSA) is 0 Å². The highest BCUT2D eigenvalue weighted by atomic mass is 127. The SMILES string of the molecule is CC1=CI=C(C(C)(C)C)C=C1. The van der Waals surface area contributed by atoms with Crippen LogP contribution in [0.1, 0.15) is 27.7 Å². The summed E-state index contributed by atoms with van der Waals surface area (Å²) in [5.41, 5.74) is 1.83. The van der Waals surface area contributed by atoms with Crippen LogP contribution in [-0.2, 0) is 0 Å². The van der Waals surface area contributed by atoms with Gasteiger partial charge >= 0.3 is 0 Å². The minimum Gasteiger partial charge on any atom is -0.0893 e. The molecule has 0 N–H and O–H groups in total. The molecule has 0 saturated heterocycles. The summed E-state index contributed by atoms with van der Waals surface area (Å²) < 4.78 is 4.04. The smallest absolute Gasteiger partial charge is 0.00778 e. The van der Waals surface area contributed by atoms with Gasteiger partial charge in [0.05, 0.1) is 0 Å². The summed E-state index contributed by atoms with van der Waals surface area (Å²) in [5, 5.41) is 0. The molecule has 1 aliphatic rings. The predicted octanol–water partition coefficient (Wildman–Crippen LogP) is 3.65. The zero-order valence-corrected chi connectivity index (χ0v) is 9.77. The first kappa shape index (κ1) is 9.17. The van der Waals surface area contributed by atoms with Crippen LogP contribution in [-0.4, -0.2) is 3.51 Å². The van der Waals surface area contributed by atoms with Crippen LogP contribution in [0.3, 0.4) is 0 Å². The molecule has 0 nitrogen and oxygen atoms in total. The molecule has 0 aromatic rings. The second kappa shape index (κ2) is 3.21. The Hall–Kier alpha value is 0.0800. The van der Waals surface area contributed by atoms with Crippen molar-refractivity contribution in [2.75, 3.05) is 0 Å². The van der Waals surface area contributed by atoms with E-state index in [0.29, 0.717) is 5.41 Å². The molecule has 0 aliphatic carbocycles. The van der Waals surface area contributed by atoms with Crippen molar-refractivity contribution in [1.82, 2.24) is 0 Å². The van der Waals surface area contributed by atoms with Gasteiger partial charge in [-0.2, -0.15) is 0 Å². The maximum atomic E-state index is 2.40. The van der Waals surface area contributed by atoms with E-state index in [4.69, 9.17) is 0 Å². The van der Waals surface area contributed by atoms with E-state index in [0.717, 1.165) is 0 Å². The summed E-state index contributed by atoms with van der Waals surface area (Å²) in [5.74, 6) is 0. The van der Waals surface area contributed by atoms with Crippen LogP contribution < -0.4 is 0 Å². The summed E-state index contributed by atoms with van der Waals surface area (Å²) >= 11 is 0.187. The van der Waals surface area contributed by atoms with E-state index in [9.17, 15) is 0 Å². The zero-order chi connectivity index (χ0) is 8.48. The molecule has 1 rings (SSSR count). The van der Waals surface area contributed by atoms with Crippen molar-refractivity contribution in [1.29, 1.82) is 0 Å². The van der Waals surface area contributed by atoms with Crippen molar-refractivity contribution in [3.63, 3.8) is 0 Å². The van der Waals surface area contributed by atoms with Gasteiger partial charge in [-0.3, -0.25) is 0 Å².